The van der Waals surface area contributed by atoms with Gasteiger partial charge in [0.05, 0.1) is 23.7 Å². The number of amides is 2. The molecule has 0 aromatic carbocycles. The van der Waals surface area contributed by atoms with Gasteiger partial charge in [-0.2, -0.15) is 0 Å². The van der Waals surface area contributed by atoms with Crippen LogP contribution >= 0.6 is 0 Å². The molecule has 0 atom stereocenters. The van der Waals surface area contributed by atoms with Crippen molar-refractivity contribution in [3.05, 3.63) is 70.2 Å². The molecule has 0 saturated carbocycles. The highest BCUT2D eigenvalue weighted by molar-refractivity contribution is 6.09. The van der Waals surface area contributed by atoms with Crippen molar-refractivity contribution in [1.29, 1.82) is 0 Å². The lowest BCUT2D eigenvalue weighted by molar-refractivity contribution is -0.389. The van der Waals surface area contributed by atoms with Gasteiger partial charge in [0, 0.05) is 39.6 Å². The molecule has 14 nitrogen and oxygen atoms in total. The van der Waals surface area contributed by atoms with Gasteiger partial charge in [-0.25, -0.2) is 4.79 Å². The first-order valence-electron chi connectivity index (χ1n) is 10.5. The lowest BCUT2D eigenvalue weighted by Gasteiger charge is -2.03. The molecule has 36 heavy (non-hydrogen) atoms. The van der Waals surface area contributed by atoms with E-state index < -0.39 is 34.3 Å². The van der Waals surface area contributed by atoms with Crippen LogP contribution in [-0.2, 0) is 30.7 Å². The number of aromatic nitrogens is 4. The van der Waals surface area contributed by atoms with E-state index in [0.717, 1.165) is 18.3 Å². The number of allylic oxidation sites excluding steroid dienone is 1. The first kappa shape index (κ1) is 25.6. The Bertz CT molecular complexity index is 1390. The summed E-state index contributed by atoms with van der Waals surface area (Å²) in [7, 11) is 4.65. The average molecular weight is 497 g/mol. The van der Waals surface area contributed by atoms with Crippen molar-refractivity contribution in [2.45, 2.75) is 6.92 Å². The van der Waals surface area contributed by atoms with Crippen LogP contribution in [0.3, 0.4) is 0 Å². The molecule has 2 amide bonds. The third-order valence-electron chi connectivity index (χ3n) is 4.92. The van der Waals surface area contributed by atoms with Crippen molar-refractivity contribution >= 4 is 40.8 Å². The van der Waals surface area contributed by atoms with Crippen molar-refractivity contribution in [2.75, 3.05) is 17.2 Å². The summed E-state index contributed by atoms with van der Waals surface area (Å²) in [5, 5.41) is 16.1. The zero-order valence-corrected chi connectivity index (χ0v) is 19.8. The highest BCUT2D eigenvalue weighted by Gasteiger charge is 2.24. The van der Waals surface area contributed by atoms with Gasteiger partial charge >= 0.3 is 23.5 Å². The second-order valence-corrected chi connectivity index (χ2v) is 7.60. The number of ketones is 1. The van der Waals surface area contributed by atoms with E-state index in [4.69, 9.17) is 4.74 Å². The molecule has 0 spiro atoms. The third-order valence-corrected chi connectivity index (χ3v) is 4.92. The van der Waals surface area contributed by atoms with Crippen molar-refractivity contribution in [1.82, 2.24) is 18.7 Å². The molecule has 188 valence electrons. The number of hydrogen-bond donors (Lipinski definition) is 2. The monoisotopic (exact) mass is 497 g/mol. The van der Waals surface area contributed by atoms with E-state index >= 15 is 0 Å². The van der Waals surface area contributed by atoms with Gasteiger partial charge in [0.2, 0.25) is 5.78 Å². The third kappa shape index (κ3) is 5.72. The Morgan fingerprint density at radius 1 is 0.944 bits per heavy atom. The van der Waals surface area contributed by atoms with Crippen LogP contribution in [-0.4, -0.2) is 53.8 Å². The molecular formula is C22H23N7O7. The normalized spacial score (nSPS) is 10.9. The summed E-state index contributed by atoms with van der Waals surface area (Å²) in [6.07, 6.45) is 6.25. The number of imidazole rings is 1. The highest BCUT2D eigenvalue weighted by Crippen LogP contribution is 2.19. The number of carbonyl (C=O) groups excluding carboxylic acids is 4. The van der Waals surface area contributed by atoms with Gasteiger partial charge < -0.3 is 39.2 Å². The second-order valence-electron chi connectivity index (χ2n) is 7.60. The van der Waals surface area contributed by atoms with Gasteiger partial charge in [-0.05, 0) is 35.0 Å². The van der Waals surface area contributed by atoms with E-state index in [9.17, 15) is 29.3 Å². The smallest absolute Gasteiger partial charge is 0.382 e. The topological polar surface area (TPSA) is 172 Å². The number of nitrogens with zero attached hydrogens (tertiary/aromatic N) is 5. The number of anilines is 2. The lowest BCUT2D eigenvalue weighted by Crippen LogP contribution is -2.16. The van der Waals surface area contributed by atoms with Crippen LogP contribution in [0.5, 0.6) is 0 Å². The molecule has 0 saturated heterocycles. The summed E-state index contributed by atoms with van der Waals surface area (Å²) in [4.78, 5) is 62.9. The molecule has 0 bridgehead atoms. The Hall–Kier alpha value is -5.01. The van der Waals surface area contributed by atoms with Crippen LogP contribution in [0.25, 0.3) is 0 Å². The molecule has 0 aliphatic rings. The first-order valence-corrected chi connectivity index (χ1v) is 10.5. The fourth-order valence-corrected chi connectivity index (χ4v) is 3.29. The fourth-order valence-electron chi connectivity index (χ4n) is 3.29. The predicted octanol–water partition coefficient (Wildman–Crippen LogP) is 1.81. The number of ether oxygens (including phenoxy) is 1. The highest BCUT2D eigenvalue weighted by atomic mass is 16.6. The maximum absolute atomic E-state index is 12.8. The molecule has 14 heteroatoms. The number of carbonyl (C=O) groups is 4. The number of esters is 1. The maximum Gasteiger partial charge on any atom is 0.382 e. The van der Waals surface area contributed by atoms with Crippen LogP contribution in [0.2, 0.25) is 0 Å². The zero-order valence-electron chi connectivity index (χ0n) is 19.8. The van der Waals surface area contributed by atoms with Crippen LogP contribution in [0.15, 0.2) is 42.9 Å². The number of aryl methyl sites for hydroxylation is 3. The molecular weight excluding hydrogens is 474 g/mol. The van der Waals surface area contributed by atoms with Crippen LogP contribution in [0.1, 0.15) is 38.5 Å². The Morgan fingerprint density at radius 3 is 2.11 bits per heavy atom. The fraction of sp³-hybridized carbons (Fsp3) is 0.227. The Labute approximate surface area is 204 Å². The Kier molecular flexibility index (Phi) is 7.47. The number of nitro groups is 1. The summed E-state index contributed by atoms with van der Waals surface area (Å²) in [5.41, 5.74) is 1.03. The quantitative estimate of drug-likeness (QED) is 0.148. The molecule has 0 aliphatic heterocycles. The number of nitrogens with one attached hydrogen (secondary N) is 2. The van der Waals surface area contributed by atoms with Gasteiger partial charge in [-0.3, -0.25) is 14.4 Å². The summed E-state index contributed by atoms with van der Waals surface area (Å²) >= 11 is 0. The van der Waals surface area contributed by atoms with Gasteiger partial charge in [0.25, 0.3) is 5.91 Å². The molecule has 3 aromatic rings. The predicted molar refractivity (Wildman–Crippen MR) is 127 cm³/mol. The van der Waals surface area contributed by atoms with E-state index in [1.165, 1.54) is 45.3 Å². The molecule has 2 N–H and O–H groups in total. The van der Waals surface area contributed by atoms with Crippen LogP contribution < -0.4 is 10.6 Å². The maximum atomic E-state index is 12.8. The van der Waals surface area contributed by atoms with Crippen LogP contribution in [0.4, 0.5) is 17.2 Å². The molecule has 0 radical (unpaired) electrons. The molecule has 0 fully saturated rings. The second kappa shape index (κ2) is 10.5. The lowest BCUT2D eigenvalue weighted by atomic mass is 10.2. The minimum Gasteiger partial charge on any atom is -0.463 e. The largest absolute Gasteiger partial charge is 0.463 e. The van der Waals surface area contributed by atoms with E-state index in [1.54, 1.807) is 21.0 Å². The average Bonchev–Trinajstić information content (AvgIpc) is 3.48. The SMILES string of the molecule is CCOC(=O)/C=C/C(=O)c1cc(NC(=O)c2cc(NC(=O)c3nc([N+](=O)[O-])cn3C)cn2C)cn1C. The standard InChI is InChI=1S/C22H23N7O7/c1-5-36-19(31)7-6-17(30)15-8-13(10-26(15)2)23-21(32)16-9-14(11-27(16)3)24-22(33)20-25-18(29(34)35)12-28(20)4/h6-12H,5H2,1-4H3,(H,23,32)(H,24,33)/b7-6+. The molecule has 3 heterocycles. The number of hydrogen-bond acceptors (Lipinski definition) is 8. The van der Waals surface area contributed by atoms with E-state index in [0.29, 0.717) is 5.69 Å². The molecule has 3 rings (SSSR count). The number of rotatable bonds is 9. The summed E-state index contributed by atoms with van der Waals surface area (Å²) < 4.78 is 8.94. The van der Waals surface area contributed by atoms with Crippen molar-refractivity contribution in [3.63, 3.8) is 0 Å². The minimum absolute atomic E-state index is 0.171. The van der Waals surface area contributed by atoms with Gasteiger partial charge in [-0.15, -0.1) is 0 Å². The molecule has 0 aliphatic carbocycles. The van der Waals surface area contributed by atoms with Crippen molar-refractivity contribution in [2.24, 2.45) is 21.1 Å². The molecule has 3 aromatic heterocycles. The van der Waals surface area contributed by atoms with Gasteiger partial charge in [0.15, 0.2) is 0 Å². The van der Waals surface area contributed by atoms with Gasteiger partial charge in [0.1, 0.15) is 11.9 Å². The van der Waals surface area contributed by atoms with E-state index in [1.807, 2.05) is 0 Å². The Balaban J connectivity index is 1.70. The van der Waals surface area contributed by atoms with E-state index in [2.05, 4.69) is 15.6 Å². The van der Waals surface area contributed by atoms with Crippen LogP contribution in [0, 0.1) is 10.1 Å². The summed E-state index contributed by atoms with van der Waals surface area (Å²) in [5.74, 6) is -2.93. The minimum atomic E-state index is -0.707. The summed E-state index contributed by atoms with van der Waals surface area (Å²) in [6.45, 7) is 1.84. The van der Waals surface area contributed by atoms with E-state index in [-0.39, 0.29) is 29.5 Å². The van der Waals surface area contributed by atoms with Crippen molar-refractivity contribution in [3.8, 4) is 0 Å². The first-order chi connectivity index (χ1) is 17.0. The van der Waals surface area contributed by atoms with Gasteiger partial charge in [-0.1, -0.05) is 0 Å². The van der Waals surface area contributed by atoms with Crippen molar-refractivity contribution < 1.29 is 28.8 Å². The zero-order chi connectivity index (χ0) is 26.6. The summed E-state index contributed by atoms with van der Waals surface area (Å²) in [6, 6.07) is 2.87. The Morgan fingerprint density at radius 2 is 1.53 bits per heavy atom. The molecule has 0 unspecified atom stereocenters.